The van der Waals surface area contributed by atoms with Crippen LogP contribution in [0.15, 0.2) is 0 Å². The molecule has 102 valence electrons. The van der Waals surface area contributed by atoms with Gasteiger partial charge in [-0.25, -0.2) is 0 Å². The Hall–Kier alpha value is -1.92. The van der Waals surface area contributed by atoms with Crippen molar-refractivity contribution in [1.29, 1.82) is 0 Å². The zero-order valence-electron chi connectivity index (χ0n) is 10.2. The van der Waals surface area contributed by atoms with Crippen LogP contribution in [0.3, 0.4) is 0 Å². The van der Waals surface area contributed by atoms with E-state index in [2.05, 4.69) is 0 Å². The van der Waals surface area contributed by atoms with Crippen molar-refractivity contribution in [3.63, 3.8) is 0 Å². The molecule has 2 saturated carbocycles. The van der Waals surface area contributed by atoms with Gasteiger partial charge in [0.05, 0.1) is 0 Å². The molecule has 3 aliphatic rings. The first-order valence-corrected chi connectivity index (χ1v) is 6.29. The van der Waals surface area contributed by atoms with Gasteiger partial charge >= 0.3 is 5.97 Å². The summed E-state index contributed by atoms with van der Waals surface area (Å²) in [6.45, 7) is 0. The molecule has 4 N–H and O–H groups in total. The van der Waals surface area contributed by atoms with Crippen LogP contribution < -0.4 is 11.1 Å². The average Bonchev–Trinajstić information content (AvgIpc) is 2.76. The minimum absolute atomic E-state index is 0.376. The van der Waals surface area contributed by atoms with E-state index < -0.39 is 39.9 Å². The van der Waals surface area contributed by atoms with Crippen LogP contribution in [0.25, 0.3) is 0 Å². The molecule has 1 saturated heterocycles. The molecule has 0 aromatic heterocycles. The lowest BCUT2D eigenvalue weighted by Gasteiger charge is -2.28. The topological polar surface area (TPSA) is 127 Å². The Bertz CT molecular complexity index is 496. The van der Waals surface area contributed by atoms with Crippen LogP contribution in [0.1, 0.15) is 32.1 Å². The van der Waals surface area contributed by atoms with Crippen molar-refractivity contribution in [2.24, 2.45) is 22.0 Å². The second kappa shape index (κ2) is 3.15. The first-order chi connectivity index (χ1) is 8.89. The number of nitrogens with one attached hydrogen (secondary N) is 1. The molecule has 0 radical (unpaired) electrons. The van der Waals surface area contributed by atoms with Gasteiger partial charge in [0.2, 0.25) is 17.7 Å². The van der Waals surface area contributed by atoms with Gasteiger partial charge in [-0.1, -0.05) is 19.3 Å². The number of carboxylic acids is 1. The number of hydrogen-bond acceptors (Lipinski definition) is 4. The monoisotopic (exact) mass is 266 g/mol. The average molecular weight is 266 g/mol. The van der Waals surface area contributed by atoms with Crippen LogP contribution in [-0.4, -0.2) is 28.8 Å². The molecule has 2 atom stereocenters. The Morgan fingerprint density at radius 3 is 2.00 bits per heavy atom. The predicted octanol–water partition coefficient (Wildman–Crippen LogP) is -0.850. The number of primary amides is 1. The molecule has 0 bridgehead atoms. The molecule has 3 amide bonds. The lowest BCUT2D eigenvalue weighted by Crippen LogP contribution is -2.43. The quantitative estimate of drug-likeness (QED) is 0.443. The number of rotatable bonds is 2. The van der Waals surface area contributed by atoms with E-state index in [-0.39, 0.29) is 0 Å². The highest BCUT2D eigenvalue weighted by molar-refractivity contribution is 6.33. The summed E-state index contributed by atoms with van der Waals surface area (Å²) in [7, 11) is 0. The number of piperidine rings is 1. The SMILES string of the molecule is NC(=O)[C@]12C(=O)NC(=O)[C@]1(C(=O)O)C21CCCCC1. The minimum Gasteiger partial charge on any atom is -0.480 e. The molecule has 3 fully saturated rings. The summed E-state index contributed by atoms with van der Waals surface area (Å²) >= 11 is 0. The lowest BCUT2D eigenvalue weighted by atomic mass is 9.76. The third-order valence-electron chi connectivity index (χ3n) is 5.24. The number of nitrogens with two attached hydrogens (primary N) is 1. The van der Waals surface area contributed by atoms with Crippen molar-refractivity contribution in [3.8, 4) is 0 Å². The van der Waals surface area contributed by atoms with Crippen molar-refractivity contribution in [2.75, 3.05) is 0 Å². The standard InChI is InChI=1S/C12H14N2O5/c13-6(15)11-7(16)14-8(17)12(11,9(18)19)10(11)4-2-1-3-5-10/h1-5H2,(H2,13,15)(H,18,19)(H,14,16,17)/t11-,12+/m1/s1. The predicted molar refractivity (Wildman–Crippen MR) is 60.4 cm³/mol. The largest absolute Gasteiger partial charge is 0.480 e. The Morgan fingerprint density at radius 1 is 1.05 bits per heavy atom. The van der Waals surface area contributed by atoms with E-state index >= 15 is 0 Å². The Balaban J connectivity index is 2.26. The maximum atomic E-state index is 12.1. The highest BCUT2D eigenvalue weighted by Crippen LogP contribution is 2.84. The highest BCUT2D eigenvalue weighted by Gasteiger charge is 3.01. The molecular formula is C12H14N2O5. The molecule has 7 heteroatoms. The van der Waals surface area contributed by atoms with Gasteiger partial charge in [-0.05, 0) is 12.8 Å². The highest BCUT2D eigenvalue weighted by atomic mass is 16.4. The van der Waals surface area contributed by atoms with Gasteiger partial charge < -0.3 is 10.8 Å². The molecule has 2 aliphatic carbocycles. The van der Waals surface area contributed by atoms with E-state index in [0.717, 1.165) is 6.42 Å². The Kier molecular flexibility index (Phi) is 2.01. The second-order valence-corrected chi connectivity index (χ2v) is 5.60. The molecule has 0 aromatic rings. The number of fused-ring (bicyclic) bond motifs is 3. The number of carbonyl (C=O) groups is 4. The molecule has 1 spiro atoms. The molecule has 7 nitrogen and oxygen atoms in total. The zero-order valence-corrected chi connectivity index (χ0v) is 10.2. The number of hydrogen-bond donors (Lipinski definition) is 3. The molecule has 0 aromatic carbocycles. The summed E-state index contributed by atoms with van der Waals surface area (Å²) in [5.74, 6) is -4.14. The van der Waals surface area contributed by atoms with Crippen LogP contribution in [0.4, 0.5) is 0 Å². The van der Waals surface area contributed by atoms with Crippen LogP contribution in [-0.2, 0) is 19.2 Å². The molecule has 1 aliphatic heterocycles. The van der Waals surface area contributed by atoms with E-state index in [1.165, 1.54) is 0 Å². The first kappa shape index (κ1) is 12.1. The molecule has 3 rings (SSSR count). The van der Waals surface area contributed by atoms with Gasteiger partial charge in [0.1, 0.15) is 0 Å². The van der Waals surface area contributed by atoms with Gasteiger partial charge in [0.25, 0.3) is 0 Å². The number of aliphatic carboxylic acids is 1. The normalized spacial score (nSPS) is 38.7. The van der Waals surface area contributed by atoms with Gasteiger partial charge in [-0.3, -0.25) is 24.5 Å². The van der Waals surface area contributed by atoms with Crippen LogP contribution in [0.2, 0.25) is 0 Å². The summed E-state index contributed by atoms with van der Waals surface area (Å²) in [4.78, 5) is 47.7. The summed E-state index contributed by atoms with van der Waals surface area (Å²) in [6, 6.07) is 0. The number of carbonyl (C=O) groups excluding carboxylic acids is 3. The lowest BCUT2D eigenvalue weighted by molar-refractivity contribution is -0.152. The summed E-state index contributed by atoms with van der Waals surface area (Å²) in [5, 5.41) is 11.5. The van der Waals surface area contributed by atoms with Crippen molar-refractivity contribution < 1.29 is 24.3 Å². The Morgan fingerprint density at radius 2 is 1.58 bits per heavy atom. The fourth-order valence-electron chi connectivity index (χ4n) is 4.66. The van der Waals surface area contributed by atoms with Crippen molar-refractivity contribution in [1.82, 2.24) is 5.32 Å². The number of carboxylic acid groups (broad SMARTS) is 1. The molecule has 1 heterocycles. The van der Waals surface area contributed by atoms with Crippen molar-refractivity contribution in [3.05, 3.63) is 0 Å². The summed E-state index contributed by atoms with van der Waals surface area (Å²) in [5.41, 5.74) is 0.355. The fraction of sp³-hybridized carbons (Fsp3) is 0.667. The second-order valence-electron chi connectivity index (χ2n) is 5.60. The van der Waals surface area contributed by atoms with Crippen LogP contribution in [0.5, 0.6) is 0 Å². The summed E-state index contributed by atoms with van der Waals surface area (Å²) < 4.78 is 0. The minimum atomic E-state index is -1.98. The number of amides is 3. The van der Waals surface area contributed by atoms with E-state index in [1.807, 2.05) is 5.32 Å². The zero-order chi connectivity index (χ0) is 14.1. The third-order valence-corrected chi connectivity index (χ3v) is 5.24. The van der Waals surface area contributed by atoms with Gasteiger partial charge in [0.15, 0.2) is 10.8 Å². The molecular weight excluding hydrogens is 252 g/mol. The Labute approximate surface area is 108 Å². The summed E-state index contributed by atoms with van der Waals surface area (Å²) in [6.07, 6.45) is 3.06. The smallest absolute Gasteiger partial charge is 0.321 e. The molecule has 0 unspecified atom stereocenters. The number of imide groups is 1. The van der Waals surface area contributed by atoms with Crippen LogP contribution >= 0.6 is 0 Å². The van der Waals surface area contributed by atoms with Gasteiger partial charge in [-0.2, -0.15) is 0 Å². The maximum absolute atomic E-state index is 12.1. The fourth-order valence-corrected chi connectivity index (χ4v) is 4.66. The van der Waals surface area contributed by atoms with Gasteiger partial charge in [0, 0.05) is 5.41 Å². The van der Waals surface area contributed by atoms with E-state index in [9.17, 15) is 24.3 Å². The van der Waals surface area contributed by atoms with Crippen molar-refractivity contribution >= 4 is 23.7 Å². The maximum Gasteiger partial charge on any atom is 0.321 e. The van der Waals surface area contributed by atoms with Crippen LogP contribution in [0, 0.1) is 16.2 Å². The molecule has 19 heavy (non-hydrogen) atoms. The third kappa shape index (κ3) is 0.854. The van der Waals surface area contributed by atoms with E-state index in [1.54, 1.807) is 0 Å². The van der Waals surface area contributed by atoms with E-state index in [4.69, 9.17) is 5.73 Å². The van der Waals surface area contributed by atoms with Crippen molar-refractivity contribution in [2.45, 2.75) is 32.1 Å². The van der Waals surface area contributed by atoms with E-state index in [0.29, 0.717) is 25.7 Å². The van der Waals surface area contributed by atoms with Gasteiger partial charge in [-0.15, -0.1) is 0 Å². The first-order valence-electron chi connectivity index (χ1n) is 6.29.